The molecule has 0 aromatic carbocycles. The molecule has 0 heterocycles. The molecular weight excluding hydrogens is 144 g/mol. The zero-order valence-electron chi connectivity index (χ0n) is 9.20. The molecule has 0 aromatic rings. The summed E-state index contributed by atoms with van der Waals surface area (Å²) in [5, 5.41) is 0. The molecule has 0 fully saturated rings. The average Bonchev–Trinajstić information content (AvgIpc) is 1.93. The van der Waals surface area contributed by atoms with E-state index in [1.165, 1.54) is 19.3 Å². The molecule has 1 aliphatic rings. The molecule has 0 spiro atoms. The van der Waals surface area contributed by atoms with Crippen molar-refractivity contribution in [1.29, 1.82) is 0 Å². The number of rotatable bonds is 0. The maximum atomic E-state index is 2.43. The summed E-state index contributed by atoms with van der Waals surface area (Å²) in [6.07, 6.45) is 6.35. The highest BCUT2D eigenvalue weighted by molar-refractivity contribution is 5.08. The molecule has 0 amide bonds. The van der Waals surface area contributed by atoms with Crippen LogP contribution < -0.4 is 0 Å². The Balaban J connectivity index is 2.77. The molecule has 12 heavy (non-hydrogen) atoms. The van der Waals surface area contributed by atoms with Gasteiger partial charge in [-0.25, -0.2) is 0 Å². The minimum Gasteiger partial charge on any atom is -0.0850 e. The van der Waals surface area contributed by atoms with Crippen molar-refractivity contribution in [3.8, 4) is 0 Å². The second-order valence-electron chi connectivity index (χ2n) is 5.57. The van der Waals surface area contributed by atoms with Crippen LogP contribution in [-0.4, -0.2) is 0 Å². The van der Waals surface area contributed by atoms with E-state index >= 15 is 0 Å². The number of hydrogen-bond donors (Lipinski definition) is 0. The Hall–Kier alpha value is -0.260. The van der Waals surface area contributed by atoms with Gasteiger partial charge < -0.3 is 0 Å². The van der Waals surface area contributed by atoms with E-state index in [9.17, 15) is 0 Å². The minimum absolute atomic E-state index is 0.449. The molecule has 1 rings (SSSR count). The van der Waals surface area contributed by atoms with Crippen LogP contribution in [0, 0.1) is 10.8 Å². The van der Waals surface area contributed by atoms with Gasteiger partial charge in [-0.2, -0.15) is 0 Å². The van der Waals surface area contributed by atoms with Crippen LogP contribution in [0.3, 0.4) is 0 Å². The van der Waals surface area contributed by atoms with E-state index < -0.39 is 0 Å². The molecule has 1 aliphatic carbocycles. The monoisotopic (exact) mass is 166 g/mol. The number of allylic oxidation sites excluding steroid dienone is 2. The van der Waals surface area contributed by atoms with Gasteiger partial charge in [0.05, 0.1) is 0 Å². The van der Waals surface area contributed by atoms with Crippen molar-refractivity contribution < 1.29 is 0 Å². The summed E-state index contributed by atoms with van der Waals surface area (Å²) in [7, 11) is 0. The molecule has 0 aliphatic heterocycles. The SMILES string of the molecule is CC1=CCC(C)(C(C)(C)C)CC1. The quantitative estimate of drug-likeness (QED) is 0.474. The lowest BCUT2D eigenvalue weighted by Crippen LogP contribution is -2.33. The van der Waals surface area contributed by atoms with Gasteiger partial charge in [0, 0.05) is 0 Å². The van der Waals surface area contributed by atoms with E-state index in [0.29, 0.717) is 10.8 Å². The van der Waals surface area contributed by atoms with Gasteiger partial charge in [0.2, 0.25) is 0 Å². The van der Waals surface area contributed by atoms with Crippen molar-refractivity contribution >= 4 is 0 Å². The molecule has 0 nitrogen and oxygen atoms in total. The predicted molar refractivity (Wildman–Crippen MR) is 55.2 cm³/mol. The highest BCUT2D eigenvalue weighted by Crippen LogP contribution is 2.48. The zero-order valence-corrected chi connectivity index (χ0v) is 9.20. The lowest BCUT2D eigenvalue weighted by molar-refractivity contribution is 0.0939. The Morgan fingerprint density at radius 3 is 2.25 bits per heavy atom. The zero-order chi connectivity index (χ0) is 9.41. The minimum atomic E-state index is 0.449. The fourth-order valence-electron chi connectivity index (χ4n) is 1.76. The molecule has 0 N–H and O–H groups in total. The van der Waals surface area contributed by atoms with Crippen LogP contribution in [0.4, 0.5) is 0 Å². The molecule has 0 heteroatoms. The van der Waals surface area contributed by atoms with Gasteiger partial charge in [-0.1, -0.05) is 39.3 Å². The Kier molecular flexibility index (Phi) is 2.38. The van der Waals surface area contributed by atoms with E-state index in [0.717, 1.165) is 0 Å². The van der Waals surface area contributed by atoms with Crippen LogP contribution in [0.25, 0.3) is 0 Å². The fourth-order valence-corrected chi connectivity index (χ4v) is 1.76. The Bertz CT molecular complexity index is 193. The first kappa shape index (κ1) is 9.83. The molecule has 0 bridgehead atoms. The lowest BCUT2D eigenvalue weighted by Gasteiger charge is -2.44. The topological polar surface area (TPSA) is 0 Å². The van der Waals surface area contributed by atoms with Crippen molar-refractivity contribution in [2.24, 2.45) is 10.8 Å². The molecule has 1 atom stereocenters. The third-order valence-corrected chi connectivity index (χ3v) is 3.78. The normalized spacial score (nSPS) is 31.6. The van der Waals surface area contributed by atoms with Crippen LogP contribution in [0.15, 0.2) is 11.6 Å². The summed E-state index contributed by atoms with van der Waals surface area (Å²) in [5.74, 6) is 0. The third kappa shape index (κ3) is 1.73. The highest BCUT2D eigenvalue weighted by atomic mass is 14.4. The Morgan fingerprint density at radius 1 is 1.33 bits per heavy atom. The van der Waals surface area contributed by atoms with Gasteiger partial charge in [-0.3, -0.25) is 0 Å². The van der Waals surface area contributed by atoms with Crippen LogP contribution in [0.2, 0.25) is 0 Å². The number of hydrogen-bond acceptors (Lipinski definition) is 0. The summed E-state index contributed by atoms with van der Waals surface area (Å²) in [6.45, 7) is 11.8. The molecule has 0 saturated heterocycles. The highest BCUT2D eigenvalue weighted by Gasteiger charge is 2.37. The second-order valence-corrected chi connectivity index (χ2v) is 5.57. The van der Waals surface area contributed by atoms with E-state index in [-0.39, 0.29) is 0 Å². The standard InChI is InChI=1S/C12H22/c1-10-6-8-12(5,9-7-10)11(2,3)4/h6H,7-9H2,1-5H3. The van der Waals surface area contributed by atoms with Gasteiger partial charge >= 0.3 is 0 Å². The van der Waals surface area contributed by atoms with Crippen molar-refractivity contribution in [1.82, 2.24) is 0 Å². The molecule has 0 radical (unpaired) electrons. The molecule has 0 saturated carbocycles. The molecule has 0 aromatic heterocycles. The van der Waals surface area contributed by atoms with Gasteiger partial charge in [0.25, 0.3) is 0 Å². The summed E-state index contributed by atoms with van der Waals surface area (Å²) in [6, 6.07) is 0. The average molecular weight is 166 g/mol. The van der Waals surface area contributed by atoms with Crippen LogP contribution in [0.1, 0.15) is 53.9 Å². The first-order valence-electron chi connectivity index (χ1n) is 5.01. The Morgan fingerprint density at radius 2 is 1.92 bits per heavy atom. The molecule has 1 unspecified atom stereocenters. The van der Waals surface area contributed by atoms with Crippen molar-refractivity contribution in [2.75, 3.05) is 0 Å². The van der Waals surface area contributed by atoms with E-state index in [1.54, 1.807) is 5.57 Å². The second kappa shape index (κ2) is 2.90. The van der Waals surface area contributed by atoms with Gasteiger partial charge in [-0.05, 0) is 37.0 Å². The lowest BCUT2D eigenvalue weighted by atomic mass is 9.61. The van der Waals surface area contributed by atoms with Gasteiger partial charge in [0.1, 0.15) is 0 Å². The summed E-state index contributed by atoms with van der Waals surface area (Å²) in [5.41, 5.74) is 2.55. The van der Waals surface area contributed by atoms with Gasteiger partial charge in [0.15, 0.2) is 0 Å². The molecule has 70 valence electrons. The van der Waals surface area contributed by atoms with Crippen LogP contribution >= 0.6 is 0 Å². The van der Waals surface area contributed by atoms with E-state index in [2.05, 4.69) is 40.7 Å². The summed E-state index contributed by atoms with van der Waals surface area (Å²) < 4.78 is 0. The van der Waals surface area contributed by atoms with Crippen molar-refractivity contribution in [3.63, 3.8) is 0 Å². The van der Waals surface area contributed by atoms with E-state index in [4.69, 9.17) is 0 Å². The largest absolute Gasteiger partial charge is 0.0850 e. The first-order chi connectivity index (χ1) is 5.35. The van der Waals surface area contributed by atoms with E-state index in [1.807, 2.05) is 0 Å². The van der Waals surface area contributed by atoms with Gasteiger partial charge in [-0.15, -0.1) is 0 Å². The van der Waals surface area contributed by atoms with Crippen LogP contribution in [-0.2, 0) is 0 Å². The fraction of sp³-hybridized carbons (Fsp3) is 0.833. The Labute approximate surface area is 77.1 Å². The van der Waals surface area contributed by atoms with Crippen molar-refractivity contribution in [3.05, 3.63) is 11.6 Å². The van der Waals surface area contributed by atoms with Crippen LogP contribution in [0.5, 0.6) is 0 Å². The maximum absolute atomic E-state index is 2.43. The third-order valence-electron chi connectivity index (χ3n) is 3.78. The molecular formula is C12H22. The summed E-state index contributed by atoms with van der Waals surface area (Å²) >= 11 is 0. The smallest absolute Gasteiger partial charge is 0.0240 e. The van der Waals surface area contributed by atoms with Crippen molar-refractivity contribution in [2.45, 2.75) is 53.9 Å². The summed E-state index contributed by atoms with van der Waals surface area (Å²) in [4.78, 5) is 0. The first-order valence-corrected chi connectivity index (χ1v) is 5.01. The maximum Gasteiger partial charge on any atom is -0.0240 e. The predicted octanol–water partition coefficient (Wildman–Crippen LogP) is 4.17.